The van der Waals surface area contributed by atoms with Gasteiger partial charge in [-0.25, -0.2) is 14.0 Å². The van der Waals surface area contributed by atoms with E-state index in [0.717, 1.165) is 0 Å². The average molecular weight is 389 g/mol. The minimum Gasteiger partial charge on any atom is -0.444 e. The molecule has 0 bridgehead atoms. The molecule has 2 rings (SSSR count). The zero-order valence-corrected chi connectivity index (χ0v) is 14.6. The predicted molar refractivity (Wildman–Crippen MR) is 86.0 cm³/mol. The van der Waals surface area contributed by atoms with Crippen LogP contribution in [0, 0.1) is 5.82 Å². The van der Waals surface area contributed by atoms with Gasteiger partial charge in [0, 0.05) is 0 Å². The summed E-state index contributed by atoms with van der Waals surface area (Å²) in [5, 5.41) is 2.55. The molecule has 0 radical (unpaired) electrons. The first-order chi connectivity index (χ1) is 10.7. The Morgan fingerprint density at radius 1 is 1.52 bits per heavy atom. The highest BCUT2D eigenvalue weighted by Gasteiger charge is 2.33. The SMILES string of the molecule is CC(C)(C)OC(=O)NCC1CN(c2ccc(Br)c(F)c2)C(=O)O1. The first kappa shape index (κ1) is 17.5. The van der Waals surface area contributed by atoms with Crippen LogP contribution in [0.2, 0.25) is 0 Å². The van der Waals surface area contributed by atoms with Crippen LogP contribution in [0.3, 0.4) is 0 Å². The molecule has 1 unspecified atom stereocenters. The molecule has 126 valence electrons. The third kappa shape index (κ3) is 4.82. The molecule has 0 aromatic heterocycles. The minimum absolute atomic E-state index is 0.121. The van der Waals surface area contributed by atoms with Crippen molar-refractivity contribution in [3.8, 4) is 0 Å². The lowest BCUT2D eigenvalue weighted by Gasteiger charge is -2.20. The lowest BCUT2D eigenvalue weighted by Crippen LogP contribution is -2.38. The summed E-state index contributed by atoms with van der Waals surface area (Å²) in [6.07, 6.45) is -1.69. The van der Waals surface area contributed by atoms with Crippen LogP contribution in [-0.2, 0) is 9.47 Å². The molecular weight excluding hydrogens is 371 g/mol. The summed E-state index contributed by atoms with van der Waals surface area (Å²) in [6.45, 7) is 5.61. The number of hydrogen-bond donors (Lipinski definition) is 1. The summed E-state index contributed by atoms with van der Waals surface area (Å²) >= 11 is 3.06. The number of cyclic esters (lactones) is 1. The lowest BCUT2D eigenvalue weighted by molar-refractivity contribution is 0.0496. The molecule has 0 spiro atoms. The molecule has 1 aromatic carbocycles. The van der Waals surface area contributed by atoms with E-state index in [1.54, 1.807) is 26.8 Å². The Bertz CT molecular complexity index is 618. The fourth-order valence-corrected chi connectivity index (χ4v) is 2.25. The Morgan fingerprint density at radius 2 is 2.22 bits per heavy atom. The quantitative estimate of drug-likeness (QED) is 0.860. The van der Waals surface area contributed by atoms with E-state index in [0.29, 0.717) is 10.2 Å². The van der Waals surface area contributed by atoms with Gasteiger partial charge in [0.05, 0.1) is 23.2 Å². The summed E-state index contributed by atoms with van der Waals surface area (Å²) in [4.78, 5) is 24.8. The van der Waals surface area contributed by atoms with Gasteiger partial charge in [-0.15, -0.1) is 0 Å². The molecule has 8 heteroatoms. The van der Waals surface area contributed by atoms with Crippen LogP contribution in [0.15, 0.2) is 22.7 Å². The highest BCUT2D eigenvalue weighted by molar-refractivity contribution is 9.10. The number of benzene rings is 1. The Kier molecular flexibility index (Phi) is 5.13. The number of carbonyl (C=O) groups is 2. The lowest BCUT2D eigenvalue weighted by atomic mass is 10.2. The van der Waals surface area contributed by atoms with Crippen LogP contribution in [0.5, 0.6) is 0 Å². The smallest absolute Gasteiger partial charge is 0.414 e. The van der Waals surface area contributed by atoms with E-state index in [1.807, 2.05) is 0 Å². The van der Waals surface area contributed by atoms with Crippen molar-refractivity contribution in [3.63, 3.8) is 0 Å². The third-order valence-corrected chi connectivity index (χ3v) is 3.61. The highest BCUT2D eigenvalue weighted by atomic mass is 79.9. The molecule has 23 heavy (non-hydrogen) atoms. The van der Waals surface area contributed by atoms with Gasteiger partial charge in [0.15, 0.2) is 0 Å². The molecule has 1 N–H and O–H groups in total. The number of carbonyl (C=O) groups excluding carboxylic acids is 2. The maximum atomic E-state index is 13.6. The van der Waals surface area contributed by atoms with Gasteiger partial charge in [0.25, 0.3) is 0 Å². The first-order valence-electron chi connectivity index (χ1n) is 7.06. The number of anilines is 1. The summed E-state index contributed by atoms with van der Waals surface area (Å²) in [6, 6.07) is 4.37. The molecule has 1 atom stereocenters. The number of halogens is 2. The Balaban J connectivity index is 1.92. The summed E-state index contributed by atoms with van der Waals surface area (Å²) in [5.74, 6) is -0.467. The number of hydrogen-bond acceptors (Lipinski definition) is 4. The first-order valence-corrected chi connectivity index (χ1v) is 7.85. The monoisotopic (exact) mass is 388 g/mol. The van der Waals surface area contributed by atoms with Gasteiger partial charge >= 0.3 is 12.2 Å². The number of rotatable bonds is 3. The van der Waals surface area contributed by atoms with Gasteiger partial charge in [0.2, 0.25) is 0 Å². The maximum Gasteiger partial charge on any atom is 0.414 e. The second kappa shape index (κ2) is 6.74. The largest absolute Gasteiger partial charge is 0.444 e. The van der Waals surface area contributed by atoms with Crippen molar-refractivity contribution < 1.29 is 23.5 Å². The maximum absolute atomic E-state index is 13.6. The molecule has 0 aliphatic carbocycles. The number of ether oxygens (including phenoxy) is 2. The number of alkyl carbamates (subject to hydrolysis) is 1. The standard InChI is InChI=1S/C15H18BrFN2O4/c1-15(2,3)23-13(20)18-7-10-8-19(14(21)22-10)9-4-5-11(16)12(17)6-9/h4-6,10H,7-8H2,1-3H3,(H,18,20). The summed E-state index contributed by atoms with van der Waals surface area (Å²) in [7, 11) is 0. The summed E-state index contributed by atoms with van der Waals surface area (Å²) in [5.41, 5.74) is -0.201. The zero-order valence-electron chi connectivity index (χ0n) is 13.1. The van der Waals surface area contributed by atoms with Crippen LogP contribution in [0.1, 0.15) is 20.8 Å². The van der Waals surface area contributed by atoms with Crippen LogP contribution in [0.25, 0.3) is 0 Å². The second-order valence-corrected chi connectivity index (χ2v) is 6.95. The molecule has 6 nitrogen and oxygen atoms in total. The van der Waals surface area contributed by atoms with E-state index in [4.69, 9.17) is 9.47 Å². The van der Waals surface area contributed by atoms with Crippen LogP contribution < -0.4 is 10.2 Å². The normalized spacial score (nSPS) is 17.9. The average Bonchev–Trinajstić information content (AvgIpc) is 2.79. The number of amides is 2. The molecule has 1 aromatic rings. The minimum atomic E-state index is -0.600. The van der Waals surface area contributed by atoms with E-state index in [2.05, 4.69) is 21.2 Å². The molecule has 1 heterocycles. The van der Waals surface area contributed by atoms with Gasteiger partial charge < -0.3 is 14.8 Å². The molecular formula is C15H18BrFN2O4. The van der Waals surface area contributed by atoms with E-state index >= 15 is 0 Å². The van der Waals surface area contributed by atoms with Crippen molar-refractivity contribution in [2.24, 2.45) is 0 Å². The van der Waals surface area contributed by atoms with Gasteiger partial charge in [-0.2, -0.15) is 0 Å². The molecule has 1 aliphatic heterocycles. The van der Waals surface area contributed by atoms with Crippen LogP contribution >= 0.6 is 15.9 Å². The van der Waals surface area contributed by atoms with Gasteiger partial charge in [-0.1, -0.05) is 0 Å². The molecule has 1 fully saturated rings. The number of nitrogens with one attached hydrogen (secondary N) is 1. The molecule has 1 saturated heterocycles. The second-order valence-electron chi connectivity index (χ2n) is 6.10. The third-order valence-electron chi connectivity index (χ3n) is 2.96. The fraction of sp³-hybridized carbons (Fsp3) is 0.467. The van der Waals surface area contributed by atoms with Crippen molar-refractivity contribution in [1.82, 2.24) is 5.32 Å². The van der Waals surface area contributed by atoms with Crippen molar-refractivity contribution in [3.05, 3.63) is 28.5 Å². The van der Waals surface area contributed by atoms with Crippen LogP contribution in [-0.4, -0.2) is 37.0 Å². The molecule has 1 aliphatic rings. The number of nitrogens with zero attached hydrogens (tertiary/aromatic N) is 1. The van der Waals surface area contributed by atoms with E-state index in [-0.39, 0.29) is 13.1 Å². The van der Waals surface area contributed by atoms with Crippen molar-refractivity contribution >= 4 is 33.8 Å². The summed E-state index contributed by atoms with van der Waals surface area (Å²) < 4.78 is 24.2. The highest BCUT2D eigenvalue weighted by Crippen LogP contribution is 2.25. The molecule has 0 saturated carbocycles. The van der Waals surface area contributed by atoms with E-state index < -0.39 is 29.7 Å². The fourth-order valence-electron chi connectivity index (χ4n) is 2.00. The Hall–Kier alpha value is -1.83. The molecule has 2 amide bonds. The van der Waals surface area contributed by atoms with Gasteiger partial charge in [0.1, 0.15) is 17.5 Å². The van der Waals surface area contributed by atoms with Crippen molar-refractivity contribution in [2.45, 2.75) is 32.5 Å². The van der Waals surface area contributed by atoms with Crippen LogP contribution in [0.4, 0.5) is 19.7 Å². The van der Waals surface area contributed by atoms with Crippen molar-refractivity contribution in [1.29, 1.82) is 0 Å². The van der Waals surface area contributed by atoms with Gasteiger partial charge in [-0.05, 0) is 54.9 Å². The zero-order chi connectivity index (χ0) is 17.2. The van der Waals surface area contributed by atoms with E-state index in [1.165, 1.54) is 17.0 Å². The van der Waals surface area contributed by atoms with E-state index in [9.17, 15) is 14.0 Å². The predicted octanol–water partition coefficient (Wildman–Crippen LogP) is 3.44. The topological polar surface area (TPSA) is 67.9 Å². The van der Waals surface area contributed by atoms with Crippen molar-refractivity contribution in [2.75, 3.05) is 18.0 Å². The van der Waals surface area contributed by atoms with Gasteiger partial charge in [-0.3, -0.25) is 4.90 Å². The Labute approximate surface area is 142 Å². The Morgan fingerprint density at radius 3 is 2.83 bits per heavy atom.